The zero-order valence-electron chi connectivity index (χ0n) is 11.4. The minimum atomic E-state index is -1.07. The number of amides is 1. The topological polar surface area (TPSA) is 76.1 Å². The first-order valence-electron chi connectivity index (χ1n) is 5.60. The van der Waals surface area contributed by atoms with Crippen LogP contribution in [-0.2, 0) is 4.79 Å². The van der Waals surface area contributed by atoms with Gasteiger partial charge < -0.3 is 19.5 Å². The molecule has 0 spiro atoms. The number of carbonyl (C=O) groups is 2. The molecule has 1 aromatic carbocycles. The number of ether oxygens (including phenoxy) is 2. The molecule has 0 saturated heterocycles. The van der Waals surface area contributed by atoms with E-state index < -0.39 is 11.9 Å². The molecule has 0 heterocycles. The highest BCUT2D eigenvalue weighted by atomic mass is 16.5. The number of hydrogen-bond acceptors (Lipinski definition) is 4. The minimum Gasteiger partial charge on any atom is -0.496 e. The third-order valence-electron chi connectivity index (χ3n) is 2.72. The van der Waals surface area contributed by atoms with E-state index in [-0.39, 0.29) is 6.54 Å². The number of aliphatic carboxylic acids is 1. The Labute approximate surface area is 111 Å². The third kappa shape index (κ3) is 3.37. The average molecular weight is 267 g/mol. The van der Waals surface area contributed by atoms with E-state index in [9.17, 15) is 9.59 Å². The van der Waals surface area contributed by atoms with E-state index in [4.69, 9.17) is 14.6 Å². The van der Waals surface area contributed by atoms with Crippen LogP contribution < -0.4 is 9.47 Å². The zero-order chi connectivity index (χ0) is 14.6. The molecule has 0 aliphatic rings. The van der Waals surface area contributed by atoms with Gasteiger partial charge in [-0.3, -0.25) is 9.59 Å². The predicted molar refractivity (Wildman–Crippen MR) is 68.9 cm³/mol. The van der Waals surface area contributed by atoms with Crippen molar-refractivity contribution in [2.24, 2.45) is 0 Å². The molecule has 0 saturated carbocycles. The molecule has 1 N–H and O–H groups in total. The first kappa shape index (κ1) is 14.8. The van der Waals surface area contributed by atoms with Gasteiger partial charge in [0.15, 0.2) is 0 Å². The quantitative estimate of drug-likeness (QED) is 0.866. The van der Waals surface area contributed by atoms with Crippen molar-refractivity contribution >= 4 is 11.9 Å². The highest BCUT2D eigenvalue weighted by molar-refractivity contribution is 5.96. The number of rotatable bonds is 5. The average Bonchev–Trinajstić information content (AvgIpc) is 2.37. The monoisotopic (exact) mass is 267 g/mol. The Morgan fingerprint density at radius 1 is 1.21 bits per heavy atom. The minimum absolute atomic E-state index is 0.322. The lowest BCUT2D eigenvalue weighted by Crippen LogP contribution is -2.31. The van der Waals surface area contributed by atoms with Crippen molar-refractivity contribution in [3.05, 3.63) is 23.3 Å². The van der Waals surface area contributed by atoms with Crippen molar-refractivity contribution in [2.75, 3.05) is 27.8 Å². The number of nitrogens with zero attached hydrogens (tertiary/aromatic N) is 1. The van der Waals surface area contributed by atoms with Crippen LogP contribution in [0.2, 0.25) is 0 Å². The van der Waals surface area contributed by atoms with Crippen LogP contribution in [0.3, 0.4) is 0 Å². The molecule has 1 amide bonds. The molecule has 1 aromatic rings. The van der Waals surface area contributed by atoms with E-state index in [1.54, 1.807) is 12.1 Å². The smallest absolute Gasteiger partial charge is 0.323 e. The predicted octanol–water partition coefficient (Wildman–Crippen LogP) is 1.17. The number of carbonyl (C=O) groups excluding carboxylic acids is 1. The van der Waals surface area contributed by atoms with Gasteiger partial charge in [-0.2, -0.15) is 0 Å². The SMILES string of the molecule is COc1cc(C(=O)N(C)CC(=O)O)cc(OC)c1C. The Bertz CT molecular complexity index is 473. The van der Waals surface area contributed by atoms with E-state index in [0.717, 1.165) is 10.5 Å². The molecule has 0 fully saturated rings. The summed E-state index contributed by atoms with van der Waals surface area (Å²) in [6.45, 7) is 1.45. The first-order chi connectivity index (χ1) is 8.90. The highest BCUT2D eigenvalue weighted by Gasteiger charge is 2.18. The molecule has 0 unspecified atom stereocenters. The van der Waals surface area contributed by atoms with Crippen molar-refractivity contribution in [1.82, 2.24) is 4.90 Å². The first-order valence-corrected chi connectivity index (χ1v) is 5.60. The summed E-state index contributed by atoms with van der Waals surface area (Å²) < 4.78 is 10.3. The summed E-state index contributed by atoms with van der Waals surface area (Å²) in [4.78, 5) is 23.8. The number of hydrogen-bond donors (Lipinski definition) is 1. The lowest BCUT2D eigenvalue weighted by atomic mass is 10.1. The summed E-state index contributed by atoms with van der Waals surface area (Å²) in [5.74, 6) is -0.432. The van der Waals surface area contributed by atoms with Gasteiger partial charge in [-0.25, -0.2) is 0 Å². The van der Waals surface area contributed by atoms with Gasteiger partial charge in [-0.1, -0.05) is 0 Å². The summed E-state index contributed by atoms with van der Waals surface area (Å²) >= 11 is 0. The Morgan fingerprint density at radius 3 is 2.05 bits per heavy atom. The van der Waals surface area contributed by atoms with Crippen molar-refractivity contribution in [3.63, 3.8) is 0 Å². The van der Waals surface area contributed by atoms with Crippen LogP contribution in [0.5, 0.6) is 11.5 Å². The second kappa shape index (κ2) is 6.08. The fraction of sp³-hybridized carbons (Fsp3) is 0.385. The Hall–Kier alpha value is -2.24. The Kier molecular flexibility index (Phi) is 4.74. The van der Waals surface area contributed by atoms with E-state index >= 15 is 0 Å². The molecule has 6 heteroatoms. The molecule has 1 rings (SSSR count). The summed E-state index contributed by atoms with van der Waals surface area (Å²) in [6, 6.07) is 3.14. The van der Waals surface area contributed by atoms with E-state index in [1.165, 1.54) is 21.3 Å². The van der Waals surface area contributed by atoms with Crippen LogP contribution in [0.25, 0.3) is 0 Å². The molecule has 0 atom stereocenters. The summed E-state index contributed by atoms with van der Waals surface area (Å²) in [5, 5.41) is 8.68. The number of likely N-dealkylation sites (N-methyl/N-ethyl adjacent to an activating group) is 1. The molecular weight excluding hydrogens is 250 g/mol. The molecule has 0 radical (unpaired) electrons. The third-order valence-corrected chi connectivity index (χ3v) is 2.72. The van der Waals surface area contributed by atoms with Crippen LogP contribution in [0, 0.1) is 6.92 Å². The fourth-order valence-electron chi connectivity index (χ4n) is 1.70. The Balaban J connectivity index is 3.13. The standard InChI is InChI=1S/C13H17NO5/c1-8-10(18-3)5-9(6-11(8)19-4)13(17)14(2)7-12(15)16/h5-6H,7H2,1-4H3,(H,15,16). The lowest BCUT2D eigenvalue weighted by molar-refractivity contribution is -0.137. The molecule has 0 bridgehead atoms. The van der Waals surface area contributed by atoms with Gasteiger partial charge in [0, 0.05) is 18.2 Å². The lowest BCUT2D eigenvalue weighted by Gasteiger charge is -2.17. The van der Waals surface area contributed by atoms with Crippen molar-refractivity contribution in [2.45, 2.75) is 6.92 Å². The van der Waals surface area contributed by atoms with Crippen LogP contribution in [0.4, 0.5) is 0 Å². The van der Waals surface area contributed by atoms with Crippen LogP contribution >= 0.6 is 0 Å². The maximum absolute atomic E-state index is 12.1. The number of carboxylic acid groups (broad SMARTS) is 1. The zero-order valence-corrected chi connectivity index (χ0v) is 11.4. The molecule has 6 nitrogen and oxygen atoms in total. The second-order valence-corrected chi connectivity index (χ2v) is 4.06. The molecule has 0 aromatic heterocycles. The number of methoxy groups -OCH3 is 2. The fourth-order valence-corrected chi connectivity index (χ4v) is 1.70. The van der Waals surface area contributed by atoms with Crippen molar-refractivity contribution in [1.29, 1.82) is 0 Å². The van der Waals surface area contributed by atoms with Gasteiger partial charge >= 0.3 is 5.97 Å². The van der Waals surface area contributed by atoms with Crippen LogP contribution in [0.1, 0.15) is 15.9 Å². The summed E-state index contributed by atoms with van der Waals surface area (Å²) in [6.07, 6.45) is 0. The van der Waals surface area contributed by atoms with Gasteiger partial charge in [-0.05, 0) is 19.1 Å². The van der Waals surface area contributed by atoms with E-state index in [2.05, 4.69) is 0 Å². The molecular formula is C13H17NO5. The van der Waals surface area contributed by atoms with E-state index in [1.807, 2.05) is 6.92 Å². The number of carboxylic acids is 1. The molecule has 104 valence electrons. The largest absolute Gasteiger partial charge is 0.496 e. The van der Waals surface area contributed by atoms with Gasteiger partial charge in [0.1, 0.15) is 18.0 Å². The highest BCUT2D eigenvalue weighted by Crippen LogP contribution is 2.29. The second-order valence-electron chi connectivity index (χ2n) is 4.06. The summed E-state index contributed by atoms with van der Waals surface area (Å²) in [5.41, 5.74) is 1.10. The van der Waals surface area contributed by atoms with Crippen LogP contribution in [-0.4, -0.2) is 49.7 Å². The summed E-state index contributed by atoms with van der Waals surface area (Å²) in [7, 11) is 4.42. The molecule has 19 heavy (non-hydrogen) atoms. The van der Waals surface area contributed by atoms with Gasteiger partial charge in [0.05, 0.1) is 14.2 Å². The Morgan fingerprint density at radius 2 is 1.68 bits per heavy atom. The van der Waals surface area contributed by atoms with Gasteiger partial charge in [0.2, 0.25) is 0 Å². The normalized spacial score (nSPS) is 9.89. The maximum Gasteiger partial charge on any atom is 0.323 e. The van der Waals surface area contributed by atoms with Crippen molar-refractivity contribution < 1.29 is 24.2 Å². The molecule has 0 aliphatic carbocycles. The van der Waals surface area contributed by atoms with Crippen LogP contribution in [0.15, 0.2) is 12.1 Å². The molecule has 0 aliphatic heterocycles. The van der Waals surface area contributed by atoms with Gasteiger partial charge in [0.25, 0.3) is 5.91 Å². The maximum atomic E-state index is 12.1. The van der Waals surface area contributed by atoms with E-state index in [0.29, 0.717) is 17.1 Å². The van der Waals surface area contributed by atoms with Crippen molar-refractivity contribution in [3.8, 4) is 11.5 Å². The number of benzene rings is 1. The van der Waals surface area contributed by atoms with Gasteiger partial charge in [-0.15, -0.1) is 0 Å².